The topological polar surface area (TPSA) is 259 Å². The number of carbonyl (C=O) groups excluding carboxylic acids is 11. The highest BCUT2D eigenvalue weighted by molar-refractivity contribution is 6.10. The molecule has 1 rings (SSSR count). The zero-order valence-corrected chi connectivity index (χ0v) is 56.6. The van der Waals surface area contributed by atoms with Gasteiger partial charge >= 0.3 is 0 Å². The quantitative estimate of drug-likeness (QED) is 0.133. The van der Waals surface area contributed by atoms with Crippen molar-refractivity contribution >= 4 is 64.9 Å². The lowest BCUT2D eigenvalue weighted by molar-refractivity contribution is -0.152. The number of allylic oxidation sites excluding steroid dienone is 2. The number of likely N-dealkylation sites (N-methyl/N-ethyl adjacent to an activating group) is 7. The average Bonchev–Trinajstić information content (AvgIpc) is 2.94. The van der Waals surface area contributed by atoms with Gasteiger partial charge < -0.3 is 50.7 Å². The lowest BCUT2D eigenvalue weighted by Crippen LogP contribution is -2.62. The third-order valence-corrected chi connectivity index (χ3v) is 16.1. The minimum atomic E-state index is -1.70. The van der Waals surface area contributed by atoms with Gasteiger partial charge in [0, 0.05) is 60.8 Å². The highest BCUT2D eigenvalue weighted by Crippen LogP contribution is 2.24. The van der Waals surface area contributed by atoms with Crippen LogP contribution < -0.4 is 21.3 Å². The summed E-state index contributed by atoms with van der Waals surface area (Å²) < 4.78 is 0. The number of rotatable bonds is 15. The molecule has 1 fully saturated rings. The van der Waals surface area contributed by atoms with Crippen molar-refractivity contribution in [2.24, 2.45) is 47.3 Å². The van der Waals surface area contributed by atoms with E-state index in [2.05, 4.69) is 21.3 Å². The molecule has 0 spiro atoms. The summed E-state index contributed by atoms with van der Waals surface area (Å²) in [5.74, 6) is -9.29. The zero-order valence-electron chi connectivity index (χ0n) is 56.6. The lowest BCUT2D eigenvalue weighted by Gasteiger charge is -2.41. The normalized spacial score (nSPS) is 26.7. The first-order valence-electron chi connectivity index (χ1n) is 30.8. The summed E-state index contributed by atoms with van der Waals surface area (Å²) >= 11 is 0. The monoisotopic (exact) mass is 1200 g/mol. The predicted octanol–water partition coefficient (Wildman–Crippen LogP) is 4.20. The molecule has 4 N–H and O–H groups in total. The Kier molecular flexibility index (Phi) is 31.8. The number of nitrogens with zero attached hydrogens (tertiary/aromatic N) is 7. The Hall–Kier alpha value is -5.93. The van der Waals surface area contributed by atoms with Crippen molar-refractivity contribution < 1.29 is 52.7 Å². The third-order valence-electron chi connectivity index (χ3n) is 16.1. The summed E-state index contributed by atoms with van der Waals surface area (Å²) in [7, 11) is 10.6. The van der Waals surface area contributed by atoms with Gasteiger partial charge in [-0.25, -0.2) is 0 Å². The molecule has 85 heavy (non-hydrogen) atoms. The lowest BCUT2D eigenvalue weighted by atomic mass is 9.92. The predicted molar refractivity (Wildman–Crippen MR) is 332 cm³/mol. The van der Waals surface area contributed by atoms with Crippen molar-refractivity contribution in [1.82, 2.24) is 55.6 Å². The second-order valence-electron chi connectivity index (χ2n) is 26.8. The highest BCUT2D eigenvalue weighted by Gasteiger charge is 2.44. The zero-order chi connectivity index (χ0) is 66.0. The van der Waals surface area contributed by atoms with Crippen LogP contribution in [0.3, 0.4) is 0 Å². The van der Waals surface area contributed by atoms with E-state index in [4.69, 9.17) is 0 Å². The molecule has 11 atom stereocenters. The number of Topliss-reactive ketones (excluding diaryl/α,β-unsaturated/α-hetero) is 1. The van der Waals surface area contributed by atoms with E-state index < -0.39 is 144 Å². The fourth-order valence-electron chi connectivity index (χ4n) is 10.9. The Morgan fingerprint density at radius 2 is 0.906 bits per heavy atom. The van der Waals surface area contributed by atoms with E-state index in [1.54, 1.807) is 72.7 Å². The van der Waals surface area contributed by atoms with Crippen LogP contribution in [-0.2, 0) is 52.7 Å². The molecule has 0 bridgehead atoms. The van der Waals surface area contributed by atoms with Crippen LogP contribution in [-0.4, -0.2) is 222 Å². The van der Waals surface area contributed by atoms with Gasteiger partial charge in [-0.15, -0.1) is 0 Å². The average molecular weight is 1200 g/mol. The van der Waals surface area contributed by atoms with Gasteiger partial charge in [-0.2, -0.15) is 0 Å². The van der Waals surface area contributed by atoms with Gasteiger partial charge in [0.05, 0.1) is 12.6 Å². The summed E-state index contributed by atoms with van der Waals surface area (Å²) in [6.45, 7) is 32.0. The molecule has 1 aliphatic heterocycles. The number of carbonyl (C=O) groups is 11. The van der Waals surface area contributed by atoms with Crippen molar-refractivity contribution in [3.05, 3.63) is 12.2 Å². The maximum atomic E-state index is 15.2. The minimum Gasteiger partial charge on any atom is -0.343 e. The van der Waals surface area contributed by atoms with Gasteiger partial charge in [-0.1, -0.05) is 116 Å². The van der Waals surface area contributed by atoms with E-state index in [1.165, 1.54) is 63.8 Å². The largest absolute Gasteiger partial charge is 0.343 e. The van der Waals surface area contributed by atoms with Crippen LogP contribution in [0.5, 0.6) is 0 Å². The number of ketones is 1. The van der Waals surface area contributed by atoms with Crippen LogP contribution >= 0.6 is 0 Å². The number of amides is 10. The molecule has 0 unspecified atom stereocenters. The van der Waals surface area contributed by atoms with E-state index in [0.717, 1.165) is 9.80 Å². The molecule has 0 aromatic heterocycles. The molecule has 0 saturated carbocycles. The first-order chi connectivity index (χ1) is 39.2. The summed E-state index contributed by atoms with van der Waals surface area (Å²) in [5, 5.41) is 11.1. The fraction of sp³-hybridized carbons (Fsp3) is 0.794. The van der Waals surface area contributed by atoms with E-state index >= 15 is 4.79 Å². The molecule has 10 amide bonds. The van der Waals surface area contributed by atoms with Gasteiger partial charge in [0.25, 0.3) is 5.91 Å². The molecule has 0 radical (unpaired) electrons. The van der Waals surface area contributed by atoms with Crippen LogP contribution in [0, 0.1) is 47.3 Å². The summed E-state index contributed by atoms with van der Waals surface area (Å²) in [6.07, 6.45) is 4.94. The van der Waals surface area contributed by atoms with E-state index in [9.17, 15) is 47.9 Å². The second kappa shape index (κ2) is 35.0. The number of hydrogen-bond donors (Lipinski definition) is 4. The van der Waals surface area contributed by atoms with Crippen LogP contribution in [0.2, 0.25) is 0 Å². The van der Waals surface area contributed by atoms with Crippen LogP contribution in [0.1, 0.15) is 157 Å². The molecule has 0 aliphatic carbocycles. The molecule has 22 heteroatoms. The van der Waals surface area contributed by atoms with E-state index in [1.807, 2.05) is 74.1 Å². The van der Waals surface area contributed by atoms with Crippen molar-refractivity contribution in [1.29, 1.82) is 0 Å². The Morgan fingerprint density at radius 3 is 1.38 bits per heavy atom. The first kappa shape index (κ1) is 77.1. The Balaban J connectivity index is 4.31. The standard InChI is InChI=1S/C63H113N11O11/c1-26-27-28-42(16)54(76)53-58(80)67-50(39(10)11)61(83)69(20)34-49(75)71(22)46(30-36(4)5)57(79)66-51(40(12)13)62(84)72(23)47(31-37(6)7)56(78)64-43(17)55(77)65-44(18)59(81)73(24)48(32-38(8)9)60(82)70(21)45(29-35(2)3)33-68(19)52(41(14)15)63(85)74(53)25/h26-27,35-48,50-53H,28-34H2,1-25H3,(H,64,78)(H,65,77)(H,66,79)(H,67,80)/b27-26+/t42-,43+,44-,45+,46+,47+,48+,50+,51+,52+,53+/m1/s1. The molecule has 0 aromatic carbocycles. The maximum Gasteiger partial charge on any atom is 0.251 e. The maximum absolute atomic E-state index is 15.2. The molecule has 1 saturated heterocycles. The Bertz CT molecular complexity index is 2320. The Labute approximate surface area is 510 Å². The van der Waals surface area contributed by atoms with Crippen LogP contribution in [0.4, 0.5) is 0 Å². The molecule has 22 nitrogen and oxygen atoms in total. The third kappa shape index (κ3) is 22.4. The molecule has 1 aliphatic rings. The summed E-state index contributed by atoms with van der Waals surface area (Å²) in [6, 6.07) is -11.2. The smallest absolute Gasteiger partial charge is 0.251 e. The second-order valence-corrected chi connectivity index (χ2v) is 26.8. The number of nitrogens with one attached hydrogen (secondary N) is 4. The summed E-state index contributed by atoms with van der Waals surface area (Å²) in [4.78, 5) is 170. The fourth-order valence-corrected chi connectivity index (χ4v) is 10.9. The minimum absolute atomic E-state index is 0.0595. The van der Waals surface area contributed by atoms with Crippen molar-refractivity contribution in [3.8, 4) is 0 Å². The van der Waals surface area contributed by atoms with Gasteiger partial charge in [-0.05, 0) is 101 Å². The van der Waals surface area contributed by atoms with Gasteiger partial charge in [0.1, 0.15) is 42.3 Å². The van der Waals surface area contributed by atoms with Crippen molar-refractivity contribution in [3.63, 3.8) is 0 Å². The number of hydrogen-bond acceptors (Lipinski definition) is 12. The highest BCUT2D eigenvalue weighted by atomic mass is 16.2. The van der Waals surface area contributed by atoms with Gasteiger partial charge in [0.15, 0.2) is 11.8 Å². The van der Waals surface area contributed by atoms with E-state index in [-0.39, 0.29) is 67.7 Å². The van der Waals surface area contributed by atoms with Gasteiger partial charge in [0.2, 0.25) is 53.2 Å². The van der Waals surface area contributed by atoms with Gasteiger partial charge in [-0.3, -0.25) is 57.6 Å². The molecule has 1 heterocycles. The summed E-state index contributed by atoms with van der Waals surface area (Å²) in [5.41, 5.74) is 0. The Morgan fingerprint density at radius 1 is 0.471 bits per heavy atom. The molecule has 486 valence electrons. The molecular weight excluding hydrogens is 1090 g/mol. The van der Waals surface area contributed by atoms with Crippen molar-refractivity contribution in [2.45, 2.75) is 217 Å². The van der Waals surface area contributed by atoms with Crippen LogP contribution in [0.15, 0.2) is 12.2 Å². The van der Waals surface area contributed by atoms with E-state index in [0.29, 0.717) is 6.42 Å². The first-order valence-corrected chi connectivity index (χ1v) is 30.8. The van der Waals surface area contributed by atoms with Crippen LogP contribution in [0.25, 0.3) is 0 Å². The van der Waals surface area contributed by atoms with Crippen molar-refractivity contribution in [2.75, 3.05) is 62.4 Å². The SMILES string of the molecule is C/C=C/C[C@@H](C)C(=O)[C@H]1C(=O)N[C@@H](C(C)C)C(=O)N(C)CC(=O)N(C)[C@@H](CC(C)C)C(=O)N[C@@H](C(C)C)C(=O)N(C)[C@@H](CC(C)C)C(=O)N[C@@H](C)C(=O)N[C@H](C)C(=O)N(C)[C@@H](CC(C)C)C(=O)N(C)[C@@H](CC(C)C)CN(C)[C@@H](C(C)C)C(=O)N1C. The molecular formula is C63H113N11O11. The molecule has 0 aromatic rings.